The first kappa shape index (κ1) is 19.2. The molecule has 0 spiro atoms. The third-order valence-corrected chi connectivity index (χ3v) is 4.26. The molecule has 4 rings (SSSR count). The second-order valence-electron chi connectivity index (χ2n) is 6.01. The van der Waals surface area contributed by atoms with E-state index >= 15 is 0 Å². The minimum atomic E-state index is -5.08. The molecule has 5 nitrogen and oxygen atoms in total. The third kappa shape index (κ3) is 3.62. The normalized spacial score (nSPS) is 15.0. The fraction of sp³-hybridized carbons (Fsp3) is 0.100. The second-order valence-corrected chi connectivity index (χ2v) is 6.01. The van der Waals surface area contributed by atoms with Crippen LogP contribution in [0.5, 0.6) is 0 Å². The van der Waals surface area contributed by atoms with Crippen LogP contribution in [0.4, 0.5) is 13.2 Å². The smallest absolute Gasteiger partial charge is 0.481 e. The number of para-hydroxylation sites is 1. The molecule has 0 bridgehead atoms. The van der Waals surface area contributed by atoms with Crippen LogP contribution in [-0.4, -0.2) is 32.9 Å². The van der Waals surface area contributed by atoms with Crippen LogP contribution >= 0.6 is 0 Å². The van der Waals surface area contributed by atoms with Gasteiger partial charge in [0.25, 0.3) is 0 Å². The quantitative estimate of drug-likeness (QED) is 0.638. The van der Waals surface area contributed by atoms with Gasteiger partial charge in [0.2, 0.25) is 0 Å². The number of hydrogen-bond acceptors (Lipinski definition) is 2. The molecule has 2 N–H and O–H groups in total. The standard InChI is InChI=1S/C18H13NO2.C2HF3O2/c20-18(21)15-9-10-19-16-8-4-1-5-12(16)11-17(19)14-7-3-2-6-13(14)15;3-2(4,5)1(6)7/h1-11,15H,(H,20,21);(H,6,7). The molecule has 8 heteroatoms. The predicted molar refractivity (Wildman–Crippen MR) is 96.8 cm³/mol. The lowest BCUT2D eigenvalue weighted by molar-refractivity contribution is -0.192. The van der Waals surface area contributed by atoms with Crippen molar-refractivity contribution >= 4 is 29.0 Å². The summed E-state index contributed by atoms with van der Waals surface area (Å²) in [5.41, 5.74) is 3.94. The molecule has 0 saturated carbocycles. The lowest BCUT2D eigenvalue weighted by atomic mass is 9.93. The molecule has 3 aromatic rings. The van der Waals surface area contributed by atoms with Gasteiger partial charge in [0.05, 0.1) is 11.2 Å². The average Bonchev–Trinajstić information content (AvgIpc) is 2.92. The van der Waals surface area contributed by atoms with Crippen molar-refractivity contribution in [3.8, 4) is 11.3 Å². The van der Waals surface area contributed by atoms with Gasteiger partial charge in [-0.15, -0.1) is 0 Å². The Morgan fingerprint density at radius 3 is 2.21 bits per heavy atom. The summed E-state index contributed by atoms with van der Waals surface area (Å²) in [5, 5.41) is 17.8. The van der Waals surface area contributed by atoms with E-state index in [4.69, 9.17) is 9.90 Å². The first-order chi connectivity index (χ1) is 13.2. The maximum atomic E-state index is 11.5. The van der Waals surface area contributed by atoms with Crippen LogP contribution < -0.4 is 0 Å². The number of benzene rings is 2. The van der Waals surface area contributed by atoms with E-state index in [2.05, 4.69) is 16.7 Å². The maximum absolute atomic E-state index is 11.5. The summed E-state index contributed by atoms with van der Waals surface area (Å²) in [4.78, 5) is 20.4. The Balaban J connectivity index is 0.000000279. The molecule has 2 heterocycles. The number of carboxylic acid groups (broad SMARTS) is 2. The Morgan fingerprint density at radius 2 is 1.57 bits per heavy atom. The molecule has 0 saturated heterocycles. The molecule has 1 aromatic heterocycles. The zero-order chi connectivity index (χ0) is 20.5. The number of carbonyl (C=O) groups is 2. The Kier molecular flexibility index (Phi) is 4.96. The first-order valence-corrected chi connectivity index (χ1v) is 8.10. The van der Waals surface area contributed by atoms with Gasteiger partial charge in [-0.3, -0.25) is 4.79 Å². The zero-order valence-corrected chi connectivity index (χ0v) is 14.2. The molecule has 1 aliphatic heterocycles. The minimum absolute atomic E-state index is 0.611. The van der Waals surface area contributed by atoms with Crippen LogP contribution in [0.3, 0.4) is 0 Å². The first-order valence-electron chi connectivity index (χ1n) is 8.10. The monoisotopic (exact) mass is 389 g/mol. The fourth-order valence-corrected chi connectivity index (χ4v) is 3.04. The van der Waals surface area contributed by atoms with Crippen LogP contribution in [0.2, 0.25) is 0 Å². The summed E-state index contributed by atoms with van der Waals surface area (Å²) >= 11 is 0. The van der Waals surface area contributed by atoms with Gasteiger partial charge in [-0.25, -0.2) is 4.79 Å². The van der Waals surface area contributed by atoms with E-state index < -0.39 is 24.0 Å². The molecular formula is C20H14F3NO4. The highest BCUT2D eigenvalue weighted by Crippen LogP contribution is 2.37. The lowest BCUT2D eigenvalue weighted by Crippen LogP contribution is -2.21. The number of aromatic nitrogens is 1. The highest BCUT2D eigenvalue weighted by molar-refractivity contribution is 5.93. The highest BCUT2D eigenvalue weighted by Gasteiger charge is 2.38. The molecule has 0 fully saturated rings. The van der Waals surface area contributed by atoms with E-state index in [1.54, 1.807) is 6.08 Å². The van der Waals surface area contributed by atoms with E-state index in [1.807, 2.05) is 48.7 Å². The number of aliphatic carboxylic acids is 2. The number of fused-ring (bicyclic) bond motifs is 5. The molecule has 144 valence electrons. The second kappa shape index (κ2) is 7.22. The van der Waals surface area contributed by atoms with E-state index in [1.165, 1.54) is 0 Å². The summed E-state index contributed by atoms with van der Waals surface area (Å²) in [7, 11) is 0. The number of hydrogen-bond donors (Lipinski definition) is 2. The topological polar surface area (TPSA) is 79.5 Å². The van der Waals surface area contributed by atoms with Crippen molar-refractivity contribution in [2.24, 2.45) is 0 Å². The molecule has 0 aliphatic carbocycles. The Hall–Kier alpha value is -3.55. The Morgan fingerprint density at radius 1 is 0.964 bits per heavy atom. The maximum Gasteiger partial charge on any atom is 0.490 e. The van der Waals surface area contributed by atoms with E-state index in [9.17, 15) is 23.1 Å². The lowest BCUT2D eigenvalue weighted by Gasteiger charge is -2.11. The van der Waals surface area contributed by atoms with Crippen LogP contribution in [0, 0.1) is 0 Å². The summed E-state index contributed by atoms with van der Waals surface area (Å²) < 4.78 is 33.8. The number of halogens is 3. The number of nitrogens with zero attached hydrogens (tertiary/aromatic N) is 1. The van der Waals surface area contributed by atoms with Crippen molar-refractivity contribution < 1.29 is 33.0 Å². The van der Waals surface area contributed by atoms with Gasteiger partial charge in [-0.05, 0) is 23.8 Å². The molecular weight excluding hydrogens is 375 g/mol. The number of rotatable bonds is 1. The third-order valence-electron chi connectivity index (χ3n) is 4.26. The van der Waals surface area contributed by atoms with E-state index in [0.717, 1.165) is 27.7 Å². The summed E-state index contributed by atoms with van der Waals surface area (Å²) in [5.74, 6) is -4.19. The number of alkyl halides is 3. The van der Waals surface area contributed by atoms with Crippen LogP contribution in [-0.2, 0) is 9.59 Å². The zero-order valence-electron chi connectivity index (χ0n) is 14.2. The van der Waals surface area contributed by atoms with Crippen molar-refractivity contribution in [3.05, 3.63) is 66.2 Å². The van der Waals surface area contributed by atoms with Gasteiger partial charge >= 0.3 is 18.1 Å². The van der Waals surface area contributed by atoms with Gasteiger partial charge in [-0.1, -0.05) is 42.5 Å². The Labute approximate surface area is 156 Å². The van der Waals surface area contributed by atoms with Gasteiger partial charge in [-0.2, -0.15) is 13.2 Å². The molecule has 2 aromatic carbocycles. The van der Waals surface area contributed by atoms with E-state index in [0.29, 0.717) is 0 Å². The molecule has 1 aliphatic rings. The molecule has 0 radical (unpaired) electrons. The summed E-state index contributed by atoms with van der Waals surface area (Å²) in [6.07, 6.45) is -1.46. The van der Waals surface area contributed by atoms with Crippen LogP contribution in [0.25, 0.3) is 28.4 Å². The van der Waals surface area contributed by atoms with Crippen molar-refractivity contribution in [1.82, 2.24) is 4.57 Å². The minimum Gasteiger partial charge on any atom is -0.481 e. The molecule has 1 unspecified atom stereocenters. The molecule has 28 heavy (non-hydrogen) atoms. The fourth-order valence-electron chi connectivity index (χ4n) is 3.04. The molecule has 1 atom stereocenters. The average molecular weight is 389 g/mol. The van der Waals surface area contributed by atoms with Crippen molar-refractivity contribution in [1.29, 1.82) is 0 Å². The van der Waals surface area contributed by atoms with Crippen LogP contribution in [0.1, 0.15) is 11.5 Å². The summed E-state index contributed by atoms with van der Waals surface area (Å²) in [6.45, 7) is 0. The largest absolute Gasteiger partial charge is 0.490 e. The van der Waals surface area contributed by atoms with E-state index in [-0.39, 0.29) is 0 Å². The van der Waals surface area contributed by atoms with Crippen molar-refractivity contribution in [2.45, 2.75) is 12.1 Å². The number of carboxylic acids is 2. The van der Waals surface area contributed by atoms with Gasteiger partial charge < -0.3 is 14.8 Å². The Bertz CT molecular complexity index is 1080. The van der Waals surface area contributed by atoms with Gasteiger partial charge in [0.15, 0.2) is 0 Å². The SMILES string of the molecule is O=C(O)C(F)(F)F.O=C(O)C1C=Cn2c(cc3ccccc32)-c2ccccc21. The van der Waals surface area contributed by atoms with Gasteiger partial charge in [0.1, 0.15) is 5.92 Å². The van der Waals surface area contributed by atoms with Crippen LogP contribution in [0.15, 0.2) is 60.7 Å². The predicted octanol–water partition coefficient (Wildman–Crippen LogP) is 4.59. The summed E-state index contributed by atoms with van der Waals surface area (Å²) in [6, 6.07) is 18.0. The molecule has 0 amide bonds. The van der Waals surface area contributed by atoms with Gasteiger partial charge in [0, 0.05) is 17.1 Å². The van der Waals surface area contributed by atoms with Crippen molar-refractivity contribution in [3.63, 3.8) is 0 Å². The van der Waals surface area contributed by atoms with Crippen molar-refractivity contribution in [2.75, 3.05) is 0 Å². The highest BCUT2D eigenvalue weighted by atomic mass is 19.4.